The molecule has 1 saturated heterocycles. The van der Waals surface area contributed by atoms with Gasteiger partial charge in [-0.1, -0.05) is 12.1 Å². The van der Waals surface area contributed by atoms with Crippen LogP contribution < -0.4 is 15.4 Å². The molecule has 4 rings (SSSR count). The SMILES string of the molecule is CC(C)n1c(-c2ccc(N3CCCC3=O)cc2)c(N)c2ccc(OC(F)F)cc21. The van der Waals surface area contributed by atoms with Gasteiger partial charge in [-0.15, -0.1) is 0 Å². The van der Waals surface area contributed by atoms with E-state index in [1.807, 2.05) is 42.7 Å². The normalized spacial score (nSPS) is 14.6. The monoisotopic (exact) mass is 399 g/mol. The minimum absolute atomic E-state index is 0.0476. The molecule has 0 aliphatic carbocycles. The average Bonchev–Trinajstić information content (AvgIpc) is 3.22. The highest BCUT2D eigenvalue weighted by Gasteiger charge is 2.23. The Kier molecular flexibility index (Phi) is 4.90. The summed E-state index contributed by atoms with van der Waals surface area (Å²) in [6.45, 7) is 1.88. The van der Waals surface area contributed by atoms with Gasteiger partial charge < -0.3 is 19.9 Å². The standard InChI is InChI=1S/C22H23F2N3O2/c1-13(2)27-18-12-16(29-22(23)24)9-10-17(18)20(25)21(27)14-5-7-15(8-6-14)26-11-3-4-19(26)28/h5-10,12-13,22H,3-4,11,25H2,1-2H3. The summed E-state index contributed by atoms with van der Waals surface area (Å²) >= 11 is 0. The first-order valence-corrected chi connectivity index (χ1v) is 9.66. The molecule has 152 valence electrons. The van der Waals surface area contributed by atoms with Crippen molar-refractivity contribution in [3.8, 4) is 17.0 Å². The Morgan fingerprint density at radius 1 is 1.10 bits per heavy atom. The molecule has 1 aliphatic rings. The fraction of sp³-hybridized carbons (Fsp3) is 0.318. The number of fused-ring (bicyclic) bond motifs is 1. The van der Waals surface area contributed by atoms with Gasteiger partial charge in [0.1, 0.15) is 5.75 Å². The number of hydrogen-bond donors (Lipinski definition) is 1. The zero-order valence-electron chi connectivity index (χ0n) is 16.4. The molecule has 1 fully saturated rings. The fourth-order valence-electron chi connectivity index (χ4n) is 4.04. The maximum atomic E-state index is 12.6. The lowest BCUT2D eigenvalue weighted by molar-refractivity contribution is -0.117. The molecular weight excluding hydrogens is 376 g/mol. The summed E-state index contributed by atoms with van der Waals surface area (Å²) in [6, 6.07) is 12.6. The molecule has 2 heterocycles. The number of anilines is 2. The summed E-state index contributed by atoms with van der Waals surface area (Å²) in [4.78, 5) is 13.8. The summed E-state index contributed by atoms with van der Waals surface area (Å²) in [6.07, 6.45) is 1.46. The first-order valence-electron chi connectivity index (χ1n) is 9.66. The Morgan fingerprint density at radius 3 is 2.41 bits per heavy atom. The first-order chi connectivity index (χ1) is 13.9. The van der Waals surface area contributed by atoms with Gasteiger partial charge >= 0.3 is 6.61 Å². The second-order valence-electron chi connectivity index (χ2n) is 7.48. The molecule has 7 heteroatoms. The Labute approximate surface area is 167 Å². The molecule has 5 nitrogen and oxygen atoms in total. The number of carbonyl (C=O) groups is 1. The minimum Gasteiger partial charge on any atom is -0.435 e. The zero-order chi connectivity index (χ0) is 20.7. The third-order valence-electron chi connectivity index (χ3n) is 5.28. The zero-order valence-corrected chi connectivity index (χ0v) is 16.4. The molecule has 2 aromatic carbocycles. The lowest BCUT2D eigenvalue weighted by atomic mass is 10.1. The van der Waals surface area contributed by atoms with Crippen LogP contribution >= 0.6 is 0 Å². The second kappa shape index (κ2) is 7.39. The van der Waals surface area contributed by atoms with E-state index in [4.69, 9.17) is 5.73 Å². The van der Waals surface area contributed by atoms with Crippen molar-refractivity contribution >= 4 is 28.2 Å². The van der Waals surface area contributed by atoms with Gasteiger partial charge in [0.25, 0.3) is 0 Å². The average molecular weight is 399 g/mol. The van der Waals surface area contributed by atoms with E-state index in [0.717, 1.165) is 40.8 Å². The second-order valence-corrected chi connectivity index (χ2v) is 7.48. The highest BCUT2D eigenvalue weighted by molar-refractivity contribution is 6.02. The van der Waals surface area contributed by atoms with E-state index in [1.165, 1.54) is 6.07 Å². The highest BCUT2D eigenvalue weighted by atomic mass is 19.3. The summed E-state index contributed by atoms with van der Waals surface area (Å²) in [5.41, 5.74) is 10.4. The first kappa shape index (κ1) is 19.2. The number of nitrogens with zero attached hydrogens (tertiary/aromatic N) is 2. The van der Waals surface area contributed by atoms with Crippen LogP contribution in [0.4, 0.5) is 20.2 Å². The van der Waals surface area contributed by atoms with Gasteiger partial charge in [-0.25, -0.2) is 0 Å². The highest BCUT2D eigenvalue weighted by Crippen LogP contribution is 2.40. The number of carbonyl (C=O) groups excluding carboxylic acids is 1. The maximum Gasteiger partial charge on any atom is 0.387 e. The van der Waals surface area contributed by atoms with Crippen LogP contribution in [-0.2, 0) is 4.79 Å². The van der Waals surface area contributed by atoms with Crippen molar-refractivity contribution in [2.24, 2.45) is 0 Å². The van der Waals surface area contributed by atoms with Crippen LogP contribution in [0, 0.1) is 0 Å². The van der Waals surface area contributed by atoms with Gasteiger partial charge in [-0.3, -0.25) is 4.79 Å². The molecule has 0 atom stereocenters. The van der Waals surface area contributed by atoms with Crippen molar-refractivity contribution in [2.75, 3.05) is 17.2 Å². The number of ether oxygens (including phenoxy) is 1. The van der Waals surface area contributed by atoms with E-state index in [9.17, 15) is 13.6 Å². The Hall–Kier alpha value is -3.09. The van der Waals surface area contributed by atoms with E-state index in [2.05, 4.69) is 4.74 Å². The molecule has 0 saturated carbocycles. The van der Waals surface area contributed by atoms with Gasteiger partial charge in [-0.2, -0.15) is 8.78 Å². The van der Waals surface area contributed by atoms with Crippen LogP contribution in [0.5, 0.6) is 5.75 Å². The van der Waals surface area contributed by atoms with Crippen LogP contribution in [0.25, 0.3) is 22.2 Å². The van der Waals surface area contributed by atoms with Crippen molar-refractivity contribution in [3.05, 3.63) is 42.5 Å². The summed E-state index contributed by atoms with van der Waals surface area (Å²) in [7, 11) is 0. The quantitative estimate of drug-likeness (QED) is 0.641. The van der Waals surface area contributed by atoms with Gasteiger partial charge in [0, 0.05) is 41.7 Å². The van der Waals surface area contributed by atoms with E-state index < -0.39 is 6.61 Å². The Balaban J connectivity index is 1.81. The third kappa shape index (κ3) is 3.41. The molecule has 1 amide bonds. The molecule has 0 radical (unpaired) electrons. The lowest BCUT2D eigenvalue weighted by Gasteiger charge is -2.18. The van der Waals surface area contributed by atoms with Crippen molar-refractivity contribution in [3.63, 3.8) is 0 Å². The molecule has 1 aliphatic heterocycles. The summed E-state index contributed by atoms with van der Waals surface area (Å²) in [5, 5.41) is 0.786. The van der Waals surface area contributed by atoms with Gasteiger partial charge in [0.15, 0.2) is 0 Å². The molecule has 3 aromatic rings. The number of hydrogen-bond acceptors (Lipinski definition) is 3. The smallest absolute Gasteiger partial charge is 0.387 e. The number of alkyl halides is 2. The van der Waals surface area contributed by atoms with Crippen molar-refractivity contribution < 1.29 is 18.3 Å². The predicted octanol–water partition coefficient (Wildman–Crippen LogP) is 5.20. The lowest BCUT2D eigenvalue weighted by Crippen LogP contribution is -2.23. The molecule has 0 unspecified atom stereocenters. The number of nitrogen functional groups attached to an aromatic ring is 1. The molecular formula is C22H23F2N3O2. The molecule has 0 spiro atoms. The summed E-state index contributed by atoms with van der Waals surface area (Å²) < 4.78 is 31.9. The molecule has 29 heavy (non-hydrogen) atoms. The largest absolute Gasteiger partial charge is 0.435 e. The number of aromatic nitrogens is 1. The van der Waals surface area contributed by atoms with Crippen molar-refractivity contribution in [1.82, 2.24) is 4.57 Å². The van der Waals surface area contributed by atoms with Gasteiger partial charge in [0.05, 0.1) is 16.9 Å². The van der Waals surface area contributed by atoms with E-state index in [0.29, 0.717) is 12.1 Å². The van der Waals surface area contributed by atoms with Crippen LogP contribution in [0.2, 0.25) is 0 Å². The molecule has 0 bridgehead atoms. The predicted molar refractivity (Wildman–Crippen MR) is 110 cm³/mol. The van der Waals surface area contributed by atoms with Crippen molar-refractivity contribution in [2.45, 2.75) is 39.3 Å². The van der Waals surface area contributed by atoms with Gasteiger partial charge in [-0.05, 0) is 44.5 Å². The van der Waals surface area contributed by atoms with E-state index >= 15 is 0 Å². The number of nitrogens with two attached hydrogens (primary N) is 1. The maximum absolute atomic E-state index is 12.6. The number of benzene rings is 2. The third-order valence-corrected chi connectivity index (χ3v) is 5.28. The van der Waals surface area contributed by atoms with E-state index in [1.54, 1.807) is 17.0 Å². The van der Waals surface area contributed by atoms with Crippen LogP contribution in [0.1, 0.15) is 32.7 Å². The molecule has 2 N–H and O–H groups in total. The summed E-state index contributed by atoms with van der Waals surface area (Å²) in [5.74, 6) is 0.237. The van der Waals surface area contributed by atoms with Gasteiger partial charge in [0.2, 0.25) is 5.91 Å². The molecule has 1 aromatic heterocycles. The number of amides is 1. The van der Waals surface area contributed by atoms with E-state index in [-0.39, 0.29) is 17.7 Å². The van der Waals surface area contributed by atoms with Crippen molar-refractivity contribution in [1.29, 1.82) is 0 Å². The van der Waals surface area contributed by atoms with Crippen LogP contribution in [0.15, 0.2) is 42.5 Å². The van der Waals surface area contributed by atoms with Crippen LogP contribution in [0.3, 0.4) is 0 Å². The number of rotatable bonds is 5. The minimum atomic E-state index is -2.88. The Bertz CT molecular complexity index is 1060. The number of halogens is 2. The fourth-order valence-corrected chi connectivity index (χ4v) is 4.04. The topological polar surface area (TPSA) is 60.5 Å². The van der Waals surface area contributed by atoms with Crippen LogP contribution in [-0.4, -0.2) is 23.6 Å². The Morgan fingerprint density at radius 2 is 1.83 bits per heavy atom.